The van der Waals surface area contributed by atoms with Gasteiger partial charge < -0.3 is 23.5 Å². The molecule has 0 saturated carbocycles. The smallest absolute Gasteiger partial charge is 0.160 e. The van der Waals surface area contributed by atoms with Gasteiger partial charge in [-0.05, 0) is 153 Å². The highest BCUT2D eigenvalue weighted by molar-refractivity contribution is 6.89. The minimum absolute atomic E-state index is 0.00614. The standard InChI is InChI=1S/C87H81N3O2Si2/c1-85(2,3)58-36-42-64(43-37-58)88(65-44-38-59(39-45-65)86(4,5)6)66-46-40-61(41-47-66)87(60-26-16-13-17-27-60)73-57-76(90(63-30-20-15-21-31-63)68-50-54-70(55-51-68)94(10,11)12)83-80(72-33-23-25-35-78(72)91-83)81(73)82-74(87)56-75(79-71-32-22-24-34-77(71)92-84(79)82)89(62-28-18-14-19-29-62)67-48-52-69(53-49-67)93(7,8)9/h13-57H,1-12H3. The second-order valence-electron chi connectivity index (χ2n) is 29.8. The van der Waals surface area contributed by atoms with E-state index in [1.165, 1.54) is 21.5 Å². The Kier molecular flexibility index (Phi) is 14.6. The van der Waals surface area contributed by atoms with Gasteiger partial charge in [0, 0.05) is 67.1 Å². The van der Waals surface area contributed by atoms with Crippen LogP contribution in [-0.4, -0.2) is 16.1 Å². The van der Waals surface area contributed by atoms with Crippen molar-refractivity contribution in [2.24, 2.45) is 0 Å². The topological polar surface area (TPSA) is 36.0 Å². The average molecular weight is 1260 g/mol. The zero-order valence-electron chi connectivity index (χ0n) is 56.1. The first-order valence-corrected chi connectivity index (χ1v) is 40.2. The molecule has 1 aliphatic rings. The van der Waals surface area contributed by atoms with Gasteiger partial charge in [-0.2, -0.15) is 0 Å². The largest absolute Gasteiger partial charge is 0.455 e. The molecule has 1 aliphatic carbocycles. The van der Waals surface area contributed by atoms with Crippen LogP contribution < -0.4 is 25.1 Å². The Labute approximate surface area is 556 Å². The first-order valence-electron chi connectivity index (χ1n) is 33.2. The van der Waals surface area contributed by atoms with Crippen LogP contribution in [0.2, 0.25) is 39.3 Å². The molecule has 0 fully saturated rings. The summed E-state index contributed by atoms with van der Waals surface area (Å²) >= 11 is 0. The predicted octanol–water partition coefficient (Wildman–Crippen LogP) is 23.9. The van der Waals surface area contributed by atoms with Gasteiger partial charge in [0.05, 0.1) is 38.3 Å². The van der Waals surface area contributed by atoms with E-state index < -0.39 is 21.6 Å². The van der Waals surface area contributed by atoms with E-state index >= 15 is 0 Å². The summed E-state index contributed by atoms with van der Waals surface area (Å²) in [5, 5.41) is 6.98. The normalized spacial score (nSPS) is 14.2. The number of rotatable bonds is 13. The second-order valence-corrected chi connectivity index (χ2v) is 39.9. The molecule has 1 unspecified atom stereocenters. The summed E-state index contributed by atoms with van der Waals surface area (Å²) < 4.78 is 15.2. The summed E-state index contributed by atoms with van der Waals surface area (Å²) in [6.07, 6.45) is 0. The predicted molar refractivity (Wildman–Crippen MR) is 406 cm³/mol. The summed E-state index contributed by atoms with van der Waals surface area (Å²) in [5.41, 5.74) is 20.9. The number of fused-ring (bicyclic) bond motifs is 11. The van der Waals surface area contributed by atoms with Gasteiger partial charge in [-0.15, -0.1) is 0 Å². The zero-order chi connectivity index (χ0) is 65.1. The second kappa shape index (κ2) is 22.7. The van der Waals surface area contributed by atoms with E-state index in [1.807, 2.05) is 0 Å². The fourth-order valence-electron chi connectivity index (χ4n) is 14.6. The number of para-hydroxylation sites is 4. The van der Waals surface area contributed by atoms with Crippen molar-refractivity contribution in [2.75, 3.05) is 14.7 Å². The third kappa shape index (κ3) is 10.2. The van der Waals surface area contributed by atoms with Gasteiger partial charge in [0.2, 0.25) is 0 Å². The first kappa shape index (κ1) is 60.3. The molecule has 0 aliphatic heterocycles. The molecule has 464 valence electrons. The highest BCUT2D eigenvalue weighted by Gasteiger charge is 2.51. The third-order valence-corrected chi connectivity index (χ3v) is 23.7. The molecule has 0 amide bonds. The Bertz CT molecular complexity index is 5070. The van der Waals surface area contributed by atoms with Crippen LogP contribution in [0.5, 0.6) is 0 Å². The van der Waals surface area contributed by atoms with E-state index in [-0.39, 0.29) is 10.8 Å². The summed E-state index contributed by atoms with van der Waals surface area (Å²) in [5.74, 6) is 0. The molecule has 0 saturated heterocycles. The van der Waals surface area contributed by atoms with Crippen molar-refractivity contribution in [1.29, 1.82) is 0 Å². The Hall–Kier alpha value is -9.93. The van der Waals surface area contributed by atoms with E-state index in [0.29, 0.717) is 0 Å². The van der Waals surface area contributed by atoms with Crippen molar-refractivity contribution in [3.8, 4) is 11.1 Å². The third-order valence-electron chi connectivity index (χ3n) is 19.6. The van der Waals surface area contributed by atoms with Crippen molar-refractivity contribution in [2.45, 2.75) is 97.1 Å². The van der Waals surface area contributed by atoms with Crippen molar-refractivity contribution in [1.82, 2.24) is 0 Å². The molecule has 0 spiro atoms. The fourth-order valence-corrected chi connectivity index (χ4v) is 16.9. The Morgan fingerprint density at radius 2 is 0.649 bits per heavy atom. The van der Waals surface area contributed by atoms with Gasteiger partial charge in [0.1, 0.15) is 16.7 Å². The van der Waals surface area contributed by atoms with Gasteiger partial charge in [-0.25, -0.2) is 0 Å². The molecule has 1 atom stereocenters. The number of furan rings is 2. The lowest BCUT2D eigenvalue weighted by atomic mass is 9.67. The van der Waals surface area contributed by atoms with Crippen LogP contribution in [0.15, 0.2) is 282 Å². The zero-order valence-corrected chi connectivity index (χ0v) is 58.1. The van der Waals surface area contributed by atoms with Crippen LogP contribution in [0.4, 0.5) is 51.2 Å². The molecule has 7 heteroatoms. The lowest BCUT2D eigenvalue weighted by Gasteiger charge is -2.36. The molecule has 0 radical (unpaired) electrons. The van der Waals surface area contributed by atoms with E-state index in [0.717, 1.165) is 128 Å². The molecule has 94 heavy (non-hydrogen) atoms. The lowest BCUT2D eigenvalue weighted by molar-refractivity contribution is 0.590. The van der Waals surface area contributed by atoms with Crippen molar-refractivity contribution in [3.05, 3.63) is 306 Å². The SMILES string of the molecule is CC(C)(C)c1ccc(N(c2ccc(C(C)(C)C)cc2)c2ccc(C3(c4ccccc4)c4cc(N(c5ccccc5)c5ccc([Si](C)(C)C)cc5)c5c(oc6ccccc65)c4-c4c3cc(N(c3ccccc3)c3ccc([Si](C)(C)C)cc3)c3oc5ccccc5c43)cc2)cc1. The van der Waals surface area contributed by atoms with E-state index in [4.69, 9.17) is 8.83 Å². The van der Waals surface area contributed by atoms with Gasteiger partial charge >= 0.3 is 0 Å². The van der Waals surface area contributed by atoms with Crippen LogP contribution in [0.25, 0.3) is 55.0 Å². The Morgan fingerprint density at radius 3 is 1.11 bits per heavy atom. The Morgan fingerprint density at radius 1 is 0.309 bits per heavy atom. The summed E-state index contributed by atoms with van der Waals surface area (Å²) in [7, 11) is -3.36. The Balaban J connectivity index is 1.10. The van der Waals surface area contributed by atoms with Gasteiger partial charge in [0.25, 0.3) is 0 Å². The van der Waals surface area contributed by atoms with Crippen LogP contribution in [-0.2, 0) is 16.2 Å². The molecule has 2 aromatic heterocycles. The lowest BCUT2D eigenvalue weighted by Crippen LogP contribution is -2.37. The van der Waals surface area contributed by atoms with E-state index in [1.54, 1.807) is 0 Å². The molecule has 15 rings (SSSR count). The molecular formula is C87H81N3O2Si2. The highest BCUT2D eigenvalue weighted by atomic mass is 28.3. The molecule has 0 N–H and O–H groups in total. The summed E-state index contributed by atoms with van der Waals surface area (Å²) in [6.45, 7) is 28.2. The molecule has 2 heterocycles. The van der Waals surface area contributed by atoms with Crippen LogP contribution in [0.1, 0.15) is 74.9 Å². The summed E-state index contributed by atoms with van der Waals surface area (Å²) in [6, 6.07) is 102. The number of anilines is 9. The quantitative estimate of drug-likeness (QED) is 0.108. The highest BCUT2D eigenvalue weighted by Crippen LogP contribution is 2.65. The van der Waals surface area contributed by atoms with Gasteiger partial charge in [-0.1, -0.05) is 255 Å². The number of hydrogen-bond acceptors (Lipinski definition) is 5. The number of hydrogen-bond donors (Lipinski definition) is 0. The first-order chi connectivity index (χ1) is 45.2. The van der Waals surface area contributed by atoms with Crippen LogP contribution in [0.3, 0.4) is 0 Å². The van der Waals surface area contributed by atoms with E-state index in [9.17, 15) is 0 Å². The van der Waals surface area contributed by atoms with Crippen molar-refractivity contribution < 1.29 is 8.83 Å². The molecule has 12 aromatic carbocycles. The summed E-state index contributed by atoms with van der Waals surface area (Å²) in [4.78, 5) is 7.32. The number of nitrogens with zero attached hydrogens (tertiary/aromatic N) is 3. The number of benzene rings is 12. The molecular weight excluding hydrogens is 1180 g/mol. The minimum Gasteiger partial charge on any atom is -0.455 e. The van der Waals surface area contributed by atoms with Gasteiger partial charge in [-0.3, -0.25) is 0 Å². The molecule has 5 nitrogen and oxygen atoms in total. The molecule has 0 bridgehead atoms. The molecule has 14 aromatic rings. The maximum atomic E-state index is 7.68. The van der Waals surface area contributed by atoms with E-state index in [2.05, 4.69) is 369 Å². The maximum Gasteiger partial charge on any atom is 0.160 e. The van der Waals surface area contributed by atoms with Gasteiger partial charge in [0.15, 0.2) is 5.58 Å². The maximum absolute atomic E-state index is 7.68. The monoisotopic (exact) mass is 1260 g/mol. The minimum atomic E-state index is -1.68. The fraction of sp³-hybridized carbons (Fsp3) is 0.172. The van der Waals surface area contributed by atoms with Crippen molar-refractivity contribution >= 4 is 122 Å². The van der Waals surface area contributed by atoms with Crippen molar-refractivity contribution in [3.63, 3.8) is 0 Å². The average Bonchev–Trinajstić information content (AvgIpc) is 1.50. The van der Waals surface area contributed by atoms with Crippen LogP contribution in [0, 0.1) is 0 Å². The van der Waals surface area contributed by atoms with Crippen LogP contribution >= 0.6 is 0 Å².